The molecule has 1 aliphatic heterocycles. The molecule has 1 aromatic heterocycles. The fourth-order valence-electron chi connectivity index (χ4n) is 4.75. The molecule has 2 heterocycles. The number of benzene rings is 2. The van der Waals surface area contributed by atoms with Crippen LogP contribution in [-0.4, -0.2) is 17.8 Å². The van der Waals surface area contributed by atoms with E-state index in [1.165, 1.54) is 11.3 Å². The lowest BCUT2D eigenvalue weighted by Crippen LogP contribution is -2.14. The Bertz CT molecular complexity index is 1130. The molecule has 0 spiro atoms. The number of rotatable bonds is 8. The molecule has 170 valence electrons. The first-order valence-corrected chi connectivity index (χ1v) is 13.3. The third kappa shape index (κ3) is 4.61. The first-order valence-electron chi connectivity index (χ1n) is 11.2. The molecule has 6 heteroatoms. The average Bonchev–Trinajstić information content (AvgIpc) is 3.20. The van der Waals surface area contributed by atoms with E-state index in [9.17, 15) is 4.57 Å². The van der Waals surface area contributed by atoms with E-state index in [1.54, 1.807) is 0 Å². The molecule has 32 heavy (non-hydrogen) atoms. The topological polar surface area (TPSA) is 40.5 Å². The van der Waals surface area contributed by atoms with Gasteiger partial charge < -0.3 is 13.6 Å². The van der Waals surface area contributed by atoms with Crippen LogP contribution in [0.3, 0.4) is 0 Å². The molecule has 0 aliphatic carbocycles. The molecule has 3 aromatic rings. The minimum atomic E-state index is -3.30. The summed E-state index contributed by atoms with van der Waals surface area (Å²) < 4.78 is 27.4. The van der Waals surface area contributed by atoms with E-state index in [0.717, 1.165) is 35.3 Å². The predicted molar refractivity (Wildman–Crippen MR) is 132 cm³/mol. The maximum Gasteiger partial charge on any atom is 0.336 e. The van der Waals surface area contributed by atoms with Gasteiger partial charge in [0.2, 0.25) is 0 Å². The van der Waals surface area contributed by atoms with Crippen LogP contribution in [0.1, 0.15) is 39.1 Å². The Morgan fingerprint density at radius 1 is 0.938 bits per heavy atom. The van der Waals surface area contributed by atoms with Crippen molar-refractivity contribution in [3.8, 4) is 22.3 Å². The van der Waals surface area contributed by atoms with E-state index >= 15 is 0 Å². The van der Waals surface area contributed by atoms with Gasteiger partial charge in [-0.25, -0.2) is 0 Å². The van der Waals surface area contributed by atoms with Crippen molar-refractivity contribution >= 4 is 19.2 Å². The van der Waals surface area contributed by atoms with Crippen LogP contribution < -0.4 is 0 Å². The molecule has 0 amide bonds. The Balaban J connectivity index is 1.99. The summed E-state index contributed by atoms with van der Waals surface area (Å²) in [5, 5.41) is 0.693. The van der Waals surface area contributed by atoms with Crippen molar-refractivity contribution in [1.82, 2.24) is 4.57 Å². The summed E-state index contributed by atoms with van der Waals surface area (Å²) in [6, 6.07) is 18.4. The van der Waals surface area contributed by atoms with Crippen molar-refractivity contribution in [3.63, 3.8) is 0 Å². The number of fused-ring (bicyclic) bond motifs is 1. The van der Waals surface area contributed by atoms with E-state index in [4.69, 9.17) is 20.6 Å². The summed E-state index contributed by atoms with van der Waals surface area (Å²) in [5.74, 6) is 0. The van der Waals surface area contributed by atoms with Gasteiger partial charge in [0.1, 0.15) is 0 Å². The normalized spacial score (nSPS) is 15.2. The smallest absolute Gasteiger partial charge is 0.336 e. The standard InChI is InChI=1S/C26H31ClNO3P/c1-5-30-32(29,31-6-2)17-23-25(20-12-14-21(27)15-13-20)24(19-10-8-7-9-11-19)22-16-26(3,4)18-28(22)23/h7-15H,5-6,16-18H2,1-4H3. The number of hydrogen-bond acceptors (Lipinski definition) is 3. The van der Waals surface area contributed by atoms with Gasteiger partial charge in [0.05, 0.1) is 19.4 Å². The summed E-state index contributed by atoms with van der Waals surface area (Å²) >= 11 is 6.21. The fraction of sp³-hybridized carbons (Fsp3) is 0.385. The third-order valence-electron chi connectivity index (χ3n) is 5.90. The lowest BCUT2D eigenvalue weighted by atomic mass is 9.87. The van der Waals surface area contributed by atoms with Crippen LogP contribution >= 0.6 is 19.2 Å². The predicted octanol–water partition coefficient (Wildman–Crippen LogP) is 7.82. The van der Waals surface area contributed by atoms with E-state index < -0.39 is 7.60 Å². The van der Waals surface area contributed by atoms with E-state index in [0.29, 0.717) is 18.2 Å². The lowest BCUT2D eigenvalue weighted by Gasteiger charge is -2.22. The lowest BCUT2D eigenvalue weighted by molar-refractivity contribution is 0.218. The highest BCUT2D eigenvalue weighted by molar-refractivity contribution is 7.53. The van der Waals surface area contributed by atoms with E-state index in [2.05, 4.69) is 42.7 Å². The number of halogens is 1. The second-order valence-electron chi connectivity index (χ2n) is 9.05. The average molecular weight is 472 g/mol. The summed E-state index contributed by atoms with van der Waals surface area (Å²) in [4.78, 5) is 0. The minimum absolute atomic E-state index is 0.118. The molecule has 4 rings (SSSR count). The maximum absolute atomic E-state index is 13.6. The molecule has 0 radical (unpaired) electrons. The molecule has 0 bridgehead atoms. The molecule has 0 saturated heterocycles. The quantitative estimate of drug-likeness (QED) is 0.314. The molecule has 0 N–H and O–H groups in total. The molecular weight excluding hydrogens is 441 g/mol. The van der Waals surface area contributed by atoms with Gasteiger partial charge in [0.25, 0.3) is 0 Å². The Morgan fingerprint density at radius 2 is 1.53 bits per heavy atom. The Hall–Kier alpha value is -1.84. The molecule has 4 nitrogen and oxygen atoms in total. The number of hydrogen-bond donors (Lipinski definition) is 0. The molecule has 1 aliphatic rings. The zero-order valence-electron chi connectivity index (χ0n) is 19.2. The third-order valence-corrected chi connectivity index (χ3v) is 8.14. The van der Waals surface area contributed by atoms with Crippen molar-refractivity contribution in [2.45, 2.75) is 46.8 Å². The van der Waals surface area contributed by atoms with Gasteiger partial charge in [0, 0.05) is 34.1 Å². The van der Waals surface area contributed by atoms with Crippen molar-refractivity contribution < 1.29 is 13.6 Å². The summed E-state index contributed by atoms with van der Waals surface area (Å²) in [7, 11) is -3.30. The number of nitrogens with zero attached hydrogens (tertiary/aromatic N) is 1. The van der Waals surface area contributed by atoms with Crippen LogP contribution in [0, 0.1) is 5.41 Å². The van der Waals surface area contributed by atoms with Gasteiger partial charge in [-0.1, -0.05) is 67.9 Å². The molecular formula is C26H31ClNO3P. The van der Waals surface area contributed by atoms with Gasteiger partial charge in [0.15, 0.2) is 0 Å². The van der Waals surface area contributed by atoms with Gasteiger partial charge in [-0.05, 0) is 48.9 Å². The Labute approximate surface area is 196 Å². The summed E-state index contributed by atoms with van der Waals surface area (Å²) in [6.45, 7) is 9.83. The first-order chi connectivity index (χ1) is 15.3. The highest BCUT2D eigenvalue weighted by atomic mass is 35.5. The van der Waals surface area contributed by atoms with Crippen LogP contribution in [0.25, 0.3) is 22.3 Å². The molecule has 2 aromatic carbocycles. The molecule has 0 unspecified atom stereocenters. The van der Waals surface area contributed by atoms with Crippen molar-refractivity contribution in [3.05, 3.63) is 71.0 Å². The second kappa shape index (κ2) is 9.19. The van der Waals surface area contributed by atoms with E-state index in [-0.39, 0.29) is 11.6 Å². The van der Waals surface area contributed by atoms with Gasteiger partial charge >= 0.3 is 7.60 Å². The van der Waals surface area contributed by atoms with Crippen LogP contribution in [0.2, 0.25) is 5.02 Å². The summed E-state index contributed by atoms with van der Waals surface area (Å²) in [5.41, 5.74) is 6.92. The van der Waals surface area contributed by atoms with Crippen LogP contribution in [0.5, 0.6) is 0 Å². The molecule has 0 saturated carbocycles. The van der Waals surface area contributed by atoms with Crippen LogP contribution in [-0.2, 0) is 32.7 Å². The molecule has 0 fully saturated rings. The van der Waals surface area contributed by atoms with Gasteiger partial charge in [-0.15, -0.1) is 0 Å². The van der Waals surface area contributed by atoms with E-state index in [1.807, 2.05) is 44.2 Å². The zero-order valence-corrected chi connectivity index (χ0v) is 20.9. The van der Waals surface area contributed by atoms with Crippen LogP contribution in [0.15, 0.2) is 54.6 Å². The van der Waals surface area contributed by atoms with Gasteiger partial charge in [-0.3, -0.25) is 4.57 Å². The highest BCUT2D eigenvalue weighted by Crippen LogP contribution is 2.56. The van der Waals surface area contributed by atoms with Crippen molar-refractivity contribution in [2.24, 2.45) is 5.41 Å². The summed E-state index contributed by atoms with van der Waals surface area (Å²) in [6.07, 6.45) is 1.19. The monoisotopic (exact) mass is 471 g/mol. The SMILES string of the molecule is CCOP(=O)(Cc1c(-c2ccc(Cl)cc2)c(-c2ccccc2)c2n1CC(C)(C)C2)OCC. The maximum atomic E-state index is 13.6. The molecule has 0 atom stereocenters. The second-order valence-corrected chi connectivity index (χ2v) is 11.5. The van der Waals surface area contributed by atoms with Crippen LogP contribution in [0.4, 0.5) is 0 Å². The van der Waals surface area contributed by atoms with Crippen molar-refractivity contribution in [1.29, 1.82) is 0 Å². The minimum Gasteiger partial charge on any atom is -0.346 e. The van der Waals surface area contributed by atoms with Crippen molar-refractivity contribution in [2.75, 3.05) is 13.2 Å². The zero-order chi connectivity index (χ0) is 22.9. The fourth-order valence-corrected chi connectivity index (χ4v) is 6.61. The Kier molecular flexibility index (Phi) is 6.70. The Morgan fingerprint density at radius 3 is 2.12 bits per heavy atom. The largest absolute Gasteiger partial charge is 0.346 e. The first kappa shape index (κ1) is 23.3. The number of aromatic nitrogens is 1. The van der Waals surface area contributed by atoms with Gasteiger partial charge in [-0.2, -0.15) is 0 Å². The highest BCUT2D eigenvalue weighted by Gasteiger charge is 2.38.